The fourth-order valence-corrected chi connectivity index (χ4v) is 6.33. The molecule has 0 aromatic heterocycles. The van der Waals surface area contributed by atoms with Gasteiger partial charge in [-0.15, -0.1) is 0 Å². The van der Waals surface area contributed by atoms with E-state index in [1.807, 2.05) is 0 Å². The van der Waals surface area contributed by atoms with Crippen molar-refractivity contribution in [3.05, 3.63) is 0 Å². The second kappa shape index (κ2) is 4.23. The van der Waals surface area contributed by atoms with Gasteiger partial charge in [0.1, 0.15) is 0 Å². The molecular weight excluding hydrogens is 334 g/mol. The van der Waals surface area contributed by atoms with Gasteiger partial charge >= 0.3 is 21.3 Å². The van der Waals surface area contributed by atoms with Crippen molar-refractivity contribution >= 4 is 16.1 Å². The standard InChI is InChI=1S/C14H18F2O6S/c15-14(16,23(19,20)21)11(18)22-6-12-2-7-3-13(5-12)8(4-12)1-9(13)10(7)17/h7-10,17H,1-6H2,(H,19,20,21). The van der Waals surface area contributed by atoms with Crippen LogP contribution in [-0.4, -0.2) is 42.0 Å². The SMILES string of the molecule is O=C(OCC12CC3CC4(C1)C(CC4C3O)C2)C(F)(F)S(=O)(=O)O. The zero-order valence-corrected chi connectivity index (χ0v) is 13.1. The first-order chi connectivity index (χ1) is 10.5. The number of aliphatic hydroxyl groups is 1. The van der Waals surface area contributed by atoms with Crippen LogP contribution in [0, 0.1) is 28.6 Å². The predicted molar refractivity (Wildman–Crippen MR) is 71.9 cm³/mol. The van der Waals surface area contributed by atoms with Crippen LogP contribution >= 0.6 is 0 Å². The lowest BCUT2D eigenvalue weighted by Gasteiger charge is -2.49. The second-order valence-corrected chi connectivity index (χ2v) is 9.34. The molecule has 0 heterocycles. The summed E-state index contributed by atoms with van der Waals surface area (Å²) < 4.78 is 60.8. The molecule has 0 aromatic carbocycles. The van der Waals surface area contributed by atoms with Gasteiger partial charge in [-0.2, -0.15) is 17.2 Å². The monoisotopic (exact) mass is 352 g/mol. The zero-order valence-electron chi connectivity index (χ0n) is 12.2. The van der Waals surface area contributed by atoms with Crippen LogP contribution in [0.3, 0.4) is 0 Å². The number of halogens is 2. The Balaban J connectivity index is 1.50. The Labute approximate surface area is 131 Å². The maximum atomic E-state index is 13.3. The van der Waals surface area contributed by atoms with E-state index in [0.717, 1.165) is 25.7 Å². The minimum absolute atomic E-state index is 0.0559. The summed E-state index contributed by atoms with van der Waals surface area (Å²) in [5.41, 5.74) is -0.398. The second-order valence-electron chi connectivity index (χ2n) is 7.88. The molecule has 3 bridgehead atoms. The first kappa shape index (κ1) is 15.7. The minimum atomic E-state index is -5.84. The molecule has 0 amide bonds. The van der Waals surface area contributed by atoms with Gasteiger partial charge in [-0.25, -0.2) is 4.79 Å². The average molecular weight is 352 g/mol. The van der Waals surface area contributed by atoms with Gasteiger partial charge in [0.15, 0.2) is 0 Å². The van der Waals surface area contributed by atoms with Crippen LogP contribution in [-0.2, 0) is 19.6 Å². The lowest BCUT2D eigenvalue weighted by molar-refractivity contribution is -0.166. The van der Waals surface area contributed by atoms with Crippen molar-refractivity contribution in [3.8, 4) is 0 Å². The average Bonchev–Trinajstić information content (AvgIpc) is 2.71. The molecule has 6 unspecified atom stereocenters. The number of esters is 1. The summed E-state index contributed by atoms with van der Waals surface area (Å²) in [5.74, 6) is -1.45. The van der Waals surface area contributed by atoms with Crippen molar-refractivity contribution in [2.75, 3.05) is 6.61 Å². The molecule has 6 atom stereocenters. The summed E-state index contributed by atoms with van der Waals surface area (Å²) in [7, 11) is -5.84. The first-order valence-corrected chi connectivity index (χ1v) is 9.15. The van der Waals surface area contributed by atoms with Gasteiger partial charge in [-0.1, -0.05) is 0 Å². The molecule has 4 fully saturated rings. The molecule has 4 aliphatic carbocycles. The Morgan fingerprint density at radius 1 is 1.30 bits per heavy atom. The van der Waals surface area contributed by atoms with Crippen LogP contribution in [0.15, 0.2) is 0 Å². The van der Waals surface area contributed by atoms with Crippen LogP contribution in [0.25, 0.3) is 0 Å². The Morgan fingerprint density at radius 3 is 2.65 bits per heavy atom. The van der Waals surface area contributed by atoms with E-state index >= 15 is 0 Å². The topological polar surface area (TPSA) is 101 Å². The Kier molecular flexibility index (Phi) is 2.89. The molecular formula is C14H18F2O6S. The highest BCUT2D eigenvalue weighted by Crippen LogP contribution is 2.78. The third-order valence-electron chi connectivity index (χ3n) is 6.78. The first-order valence-electron chi connectivity index (χ1n) is 7.71. The van der Waals surface area contributed by atoms with Crippen LogP contribution in [0.5, 0.6) is 0 Å². The molecule has 2 N–H and O–H groups in total. The Morgan fingerprint density at radius 2 is 2.00 bits per heavy atom. The maximum absolute atomic E-state index is 13.3. The van der Waals surface area contributed by atoms with E-state index in [1.165, 1.54) is 0 Å². The molecule has 0 aromatic rings. The molecule has 9 heteroatoms. The van der Waals surface area contributed by atoms with E-state index in [4.69, 9.17) is 4.55 Å². The largest absolute Gasteiger partial charge is 0.465 e. The molecule has 23 heavy (non-hydrogen) atoms. The molecule has 130 valence electrons. The fraction of sp³-hybridized carbons (Fsp3) is 0.929. The minimum Gasteiger partial charge on any atom is -0.460 e. The number of carbonyl (C=O) groups is 1. The van der Waals surface area contributed by atoms with E-state index in [-0.39, 0.29) is 30.0 Å². The van der Waals surface area contributed by atoms with E-state index in [9.17, 15) is 27.1 Å². The number of ether oxygens (including phenoxy) is 1. The molecule has 6 nitrogen and oxygen atoms in total. The summed E-state index contributed by atoms with van der Waals surface area (Å²) in [6.07, 6.45) is 3.59. The van der Waals surface area contributed by atoms with Gasteiger partial charge in [-0.3, -0.25) is 4.55 Å². The van der Waals surface area contributed by atoms with Crippen molar-refractivity contribution in [3.63, 3.8) is 0 Å². The molecule has 0 radical (unpaired) electrons. The zero-order chi connectivity index (χ0) is 16.8. The van der Waals surface area contributed by atoms with Gasteiger partial charge in [0.25, 0.3) is 0 Å². The van der Waals surface area contributed by atoms with E-state index in [1.54, 1.807) is 0 Å². The smallest absolute Gasteiger partial charge is 0.460 e. The summed E-state index contributed by atoms with van der Waals surface area (Å²) in [5, 5.41) is 5.36. The summed E-state index contributed by atoms with van der Waals surface area (Å²) >= 11 is 0. The quantitative estimate of drug-likeness (QED) is 0.582. The van der Waals surface area contributed by atoms with Gasteiger partial charge in [-0.05, 0) is 55.3 Å². The predicted octanol–water partition coefficient (Wildman–Crippen LogP) is 1.20. The highest BCUT2D eigenvalue weighted by molar-refractivity contribution is 7.87. The summed E-state index contributed by atoms with van der Waals surface area (Å²) in [6.45, 7) is -0.287. The van der Waals surface area contributed by atoms with Crippen LogP contribution in [0.4, 0.5) is 8.78 Å². The van der Waals surface area contributed by atoms with Gasteiger partial charge in [0.2, 0.25) is 0 Å². The normalized spacial score (nSPS) is 47.3. The number of hydrogen-bond donors (Lipinski definition) is 2. The van der Waals surface area contributed by atoms with Crippen molar-refractivity contribution in [1.82, 2.24) is 0 Å². The van der Waals surface area contributed by atoms with E-state index in [2.05, 4.69) is 4.74 Å². The van der Waals surface area contributed by atoms with Crippen LogP contribution in [0.2, 0.25) is 0 Å². The number of carbonyl (C=O) groups excluding carboxylic acids is 1. The van der Waals surface area contributed by atoms with Gasteiger partial charge < -0.3 is 9.84 Å². The molecule has 0 saturated heterocycles. The van der Waals surface area contributed by atoms with Crippen molar-refractivity contribution in [1.29, 1.82) is 0 Å². The van der Waals surface area contributed by atoms with E-state index < -0.39 is 26.8 Å². The van der Waals surface area contributed by atoms with Crippen molar-refractivity contribution < 1.29 is 36.4 Å². The summed E-state index contributed by atoms with van der Waals surface area (Å²) in [6, 6.07) is 0. The highest BCUT2D eigenvalue weighted by Gasteiger charge is 2.74. The maximum Gasteiger partial charge on any atom is 0.465 e. The summed E-state index contributed by atoms with van der Waals surface area (Å²) in [4.78, 5) is 11.4. The number of rotatable bonds is 4. The van der Waals surface area contributed by atoms with Gasteiger partial charge in [0, 0.05) is 5.41 Å². The molecule has 1 spiro atoms. The highest BCUT2D eigenvalue weighted by atomic mass is 32.2. The molecule has 0 aliphatic heterocycles. The third-order valence-corrected chi connectivity index (χ3v) is 7.59. The molecule has 4 rings (SSSR count). The number of alkyl halides is 2. The van der Waals surface area contributed by atoms with Gasteiger partial charge in [0.05, 0.1) is 12.7 Å². The van der Waals surface area contributed by atoms with Crippen molar-refractivity contribution in [2.45, 2.75) is 43.5 Å². The Hall–Kier alpha value is -0.800. The molecule has 4 aliphatic rings. The fourth-order valence-electron chi connectivity index (χ4n) is 6.06. The van der Waals surface area contributed by atoms with Crippen LogP contribution < -0.4 is 0 Å². The van der Waals surface area contributed by atoms with Crippen molar-refractivity contribution in [2.24, 2.45) is 28.6 Å². The van der Waals surface area contributed by atoms with E-state index in [0.29, 0.717) is 12.3 Å². The lowest BCUT2D eigenvalue weighted by atomic mass is 9.55. The number of aliphatic hydroxyl groups excluding tert-OH is 1. The Bertz CT molecular complexity index is 679. The number of fused-ring (bicyclic) bond motifs is 2. The number of hydrogen-bond acceptors (Lipinski definition) is 5. The lowest BCUT2D eigenvalue weighted by Crippen LogP contribution is -2.45. The third kappa shape index (κ3) is 1.84. The van der Waals surface area contributed by atoms with Crippen LogP contribution in [0.1, 0.15) is 32.1 Å². The molecule has 4 saturated carbocycles.